The van der Waals surface area contributed by atoms with Crippen molar-refractivity contribution in [3.8, 4) is 11.5 Å². The molecule has 38 heavy (non-hydrogen) atoms. The van der Waals surface area contributed by atoms with Crippen molar-refractivity contribution in [2.24, 2.45) is 5.92 Å². The Morgan fingerprint density at radius 2 is 1.13 bits per heavy atom. The minimum absolute atomic E-state index is 0.160. The van der Waals surface area contributed by atoms with Crippen LogP contribution in [0.2, 0.25) is 0 Å². The maximum absolute atomic E-state index is 10.8. The fraction of sp³-hybridized carbons (Fsp3) is 0.657. The van der Waals surface area contributed by atoms with Crippen LogP contribution >= 0.6 is 12.6 Å². The molecular weight excluding hydrogens is 484 g/mol. The lowest BCUT2D eigenvalue weighted by Gasteiger charge is -2.31. The summed E-state index contributed by atoms with van der Waals surface area (Å²) in [6.45, 7) is 21.8. The summed E-state index contributed by atoms with van der Waals surface area (Å²) in [4.78, 5) is 0. The molecule has 0 bridgehead atoms. The van der Waals surface area contributed by atoms with Gasteiger partial charge in [-0.2, -0.15) is 12.6 Å². The highest BCUT2D eigenvalue weighted by Crippen LogP contribution is 2.44. The molecule has 0 heterocycles. The molecule has 2 aromatic carbocycles. The molecule has 3 heteroatoms. The molecule has 0 amide bonds. The summed E-state index contributed by atoms with van der Waals surface area (Å²) < 4.78 is 0. The number of aryl methyl sites for hydroxylation is 2. The van der Waals surface area contributed by atoms with E-state index < -0.39 is 0 Å². The highest BCUT2D eigenvalue weighted by molar-refractivity contribution is 7.81. The minimum atomic E-state index is -0.160. The first-order valence-electron chi connectivity index (χ1n) is 14.9. The van der Waals surface area contributed by atoms with Gasteiger partial charge in [0.15, 0.2) is 0 Å². The van der Waals surface area contributed by atoms with Crippen LogP contribution in [-0.2, 0) is 10.8 Å². The SMILES string of the molecule is CCCCCCCCC(S)C(C)CC(c1cc(C(C)(C)C)c(O)cc1C)c1cc(C(C)(C)C)c(O)cc1C. The second kappa shape index (κ2) is 13.6. The Kier molecular flexibility index (Phi) is 11.7. The summed E-state index contributed by atoms with van der Waals surface area (Å²) in [5.74, 6) is 1.33. The molecule has 0 aliphatic carbocycles. The Hall–Kier alpha value is -1.61. The smallest absolute Gasteiger partial charge is 0.119 e. The zero-order chi connectivity index (χ0) is 28.8. The lowest BCUT2D eigenvalue weighted by molar-refractivity contribution is 0.436. The van der Waals surface area contributed by atoms with Crippen LogP contribution in [0.15, 0.2) is 24.3 Å². The van der Waals surface area contributed by atoms with Gasteiger partial charge in [0.2, 0.25) is 0 Å². The summed E-state index contributed by atoms with van der Waals surface area (Å²) in [7, 11) is 0. The van der Waals surface area contributed by atoms with Crippen LogP contribution in [0, 0.1) is 19.8 Å². The van der Waals surface area contributed by atoms with Gasteiger partial charge in [-0.3, -0.25) is 0 Å². The summed E-state index contributed by atoms with van der Waals surface area (Å²) in [6.07, 6.45) is 9.97. The highest BCUT2D eigenvalue weighted by atomic mass is 32.1. The molecule has 2 atom stereocenters. The summed E-state index contributed by atoms with van der Waals surface area (Å²) >= 11 is 5.10. The minimum Gasteiger partial charge on any atom is -0.508 e. The van der Waals surface area contributed by atoms with E-state index in [0.29, 0.717) is 22.7 Å². The first-order chi connectivity index (χ1) is 17.6. The topological polar surface area (TPSA) is 40.5 Å². The molecule has 2 unspecified atom stereocenters. The lowest BCUT2D eigenvalue weighted by atomic mass is 9.75. The third-order valence-electron chi connectivity index (χ3n) is 8.25. The standard InChI is InChI=1S/C35H56O2S/c1-11-12-13-14-15-16-17-33(38)25(4)18-28(26-21-29(34(5,6)7)31(36)19-23(26)2)27-22-30(35(8,9)10)32(37)20-24(27)3/h19-22,25,28,33,36-38H,11-18H2,1-10H3. The van der Waals surface area contributed by atoms with E-state index in [9.17, 15) is 10.2 Å². The number of aromatic hydroxyl groups is 2. The van der Waals surface area contributed by atoms with Gasteiger partial charge in [0.1, 0.15) is 11.5 Å². The van der Waals surface area contributed by atoms with Gasteiger partial charge in [0, 0.05) is 11.2 Å². The molecule has 0 aliphatic heterocycles. The largest absolute Gasteiger partial charge is 0.508 e. The van der Waals surface area contributed by atoms with Gasteiger partial charge in [-0.05, 0) is 89.0 Å². The van der Waals surface area contributed by atoms with Crippen molar-refractivity contribution in [2.45, 2.75) is 143 Å². The van der Waals surface area contributed by atoms with Crippen LogP contribution in [0.1, 0.15) is 146 Å². The molecule has 0 aliphatic rings. The van der Waals surface area contributed by atoms with Gasteiger partial charge < -0.3 is 10.2 Å². The van der Waals surface area contributed by atoms with Gasteiger partial charge in [-0.1, -0.05) is 106 Å². The molecule has 214 valence electrons. The van der Waals surface area contributed by atoms with Gasteiger partial charge in [0.05, 0.1) is 0 Å². The summed E-state index contributed by atoms with van der Waals surface area (Å²) in [6, 6.07) is 8.38. The molecule has 0 fully saturated rings. The molecular formula is C35H56O2S. The third-order valence-corrected chi connectivity index (χ3v) is 9.02. The van der Waals surface area contributed by atoms with E-state index in [1.807, 2.05) is 12.1 Å². The van der Waals surface area contributed by atoms with Crippen molar-refractivity contribution >= 4 is 12.6 Å². The Morgan fingerprint density at radius 3 is 1.55 bits per heavy atom. The second-order valence-corrected chi connectivity index (χ2v) is 14.5. The third kappa shape index (κ3) is 8.70. The zero-order valence-electron chi connectivity index (χ0n) is 26.0. The van der Waals surface area contributed by atoms with Crippen molar-refractivity contribution < 1.29 is 10.2 Å². The van der Waals surface area contributed by atoms with E-state index in [4.69, 9.17) is 12.6 Å². The summed E-state index contributed by atoms with van der Waals surface area (Å²) in [5.41, 5.74) is 6.42. The molecule has 0 saturated carbocycles. The number of thiol groups is 1. The molecule has 0 saturated heterocycles. The van der Waals surface area contributed by atoms with E-state index in [1.54, 1.807) is 0 Å². The average molecular weight is 541 g/mol. The Labute approximate surface area is 240 Å². The summed E-state index contributed by atoms with van der Waals surface area (Å²) in [5, 5.41) is 22.0. The van der Waals surface area contributed by atoms with E-state index in [-0.39, 0.29) is 16.7 Å². The van der Waals surface area contributed by atoms with E-state index >= 15 is 0 Å². The number of phenolic OH excluding ortho intramolecular Hbond substituents is 2. The number of hydrogen-bond donors (Lipinski definition) is 3. The Morgan fingerprint density at radius 1 is 0.711 bits per heavy atom. The molecule has 2 N–H and O–H groups in total. The molecule has 2 aromatic rings. The van der Waals surface area contributed by atoms with Crippen molar-refractivity contribution in [1.82, 2.24) is 0 Å². The van der Waals surface area contributed by atoms with Gasteiger partial charge in [-0.25, -0.2) is 0 Å². The van der Waals surface area contributed by atoms with Crippen LogP contribution in [-0.4, -0.2) is 15.5 Å². The second-order valence-electron chi connectivity index (χ2n) is 13.8. The molecule has 2 nitrogen and oxygen atoms in total. The van der Waals surface area contributed by atoms with Crippen molar-refractivity contribution in [1.29, 1.82) is 0 Å². The predicted octanol–water partition coefficient (Wildman–Crippen LogP) is 10.5. The lowest BCUT2D eigenvalue weighted by Crippen LogP contribution is -2.20. The zero-order valence-corrected chi connectivity index (χ0v) is 26.9. The highest BCUT2D eigenvalue weighted by Gasteiger charge is 2.29. The number of rotatable bonds is 12. The first-order valence-corrected chi connectivity index (χ1v) is 15.5. The van der Waals surface area contributed by atoms with Crippen LogP contribution < -0.4 is 0 Å². The van der Waals surface area contributed by atoms with Crippen molar-refractivity contribution in [2.75, 3.05) is 0 Å². The molecule has 0 aromatic heterocycles. The normalized spacial score (nSPS) is 14.2. The van der Waals surface area contributed by atoms with Crippen LogP contribution in [0.5, 0.6) is 11.5 Å². The predicted molar refractivity (Wildman–Crippen MR) is 169 cm³/mol. The monoisotopic (exact) mass is 540 g/mol. The van der Waals surface area contributed by atoms with E-state index in [0.717, 1.165) is 35.1 Å². The molecule has 0 radical (unpaired) electrons. The fourth-order valence-corrected chi connectivity index (χ4v) is 6.04. The van der Waals surface area contributed by atoms with Crippen molar-refractivity contribution in [3.05, 3.63) is 57.6 Å². The maximum atomic E-state index is 10.8. The fourth-order valence-electron chi connectivity index (χ4n) is 5.74. The quantitative estimate of drug-likeness (QED) is 0.185. The van der Waals surface area contributed by atoms with Gasteiger partial charge in [0.25, 0.3) is 0 Å². The molecule has 2 rings (SSSR count). The Bertz CT molecular complexity index is 972. The van der Waals surface area contributed by atoms with Crippen LogP contribution in [0.4, 0.5) is 0 Å². The first kappa shape index (κ1) is 32.6. The van der Waals surface area contributed by atoms with Crippen LogP contribution in [0.25, 0.3) is 0 Å². The van der Waals surface area contributed by atoms with Crippen LogP contribution in [0.3, 0.4) is 0 Å². The van der Waals surface area contributed by atoms with Crippen molar-refractivity contribution in [3.63, 3.8) is 0 Å². The number of unbranched alkanes of at least 4 members (excludes halogenated alkanes) is 5. The van der Waals surface area contributed by atoms with Gasteiger partial charge >= 0.3 is 0 Å². The Balaban J connectivity index is 2.51. The van der Waals surface area contributed by atoms with E-state index in [2.05, 4.69) is 81.4 Å². The van der Waals surface area contributed by atoms with Gasteiger partial charge in [-0.15, -0.1) is 0 Å². The number of benzene rings is 2. The number of phenols is 2. The number of hydrogen-bond acceptors (Lipinski definition) is 3. The van der Waals surface area contributed by atoms with E-state index in [1.165, 1.54) is 49.7 Å². The maximum Gasteiger partial charge on any atom is 0.119 e. The molecule has 0 spiro atoms. The average Bonchev–Trinajstić information content (AvgIpc) is 2.78.